The Balaban J connectivity index is 0.000000142. The number of hydrogen-bond donors (Lipinski definition) is 0. The quantitative estimate of drug-likeness (QED) is 0.202. The van der Waals surface area contributed by atoms with Crippen molar-refractivity contribution >= 4 is 45.5 Å². The molecule has 0 atom stereocenters. The van der Waals surface area contributed by atoms with E-state index in [1.807, 2.05) is 56.3 Å². The molecule has 0 aliphatic heterocycles. The highest BCUT2D eigenvalue weighted by atomic mass is 35.5. The summed E-state index contributed by atoms with van der Waals surface area (Å²) in [4.78, 5) is 43.8. The Morgan fingerprint density at radius 3 is 1.66 bits per heavy atom. The van der Waals surface area contributed by atoms with Crippen LogP contribution in [0.3, 0.4) is 0 Å². The van der Waals surface area contributed by atoms with Gasteiger partial charge in [0.2, 0.25) is 0 Å². The summed E-state index contributed by atoms with van der Waals surface area (Å²) in [6.45, 7) is 3.90. The minimum absolute atomic E-state index is 0.0737. The van der Waals surface area contributed by atoms with Crippen LogP contribution >= 0.6 is 23.2 Å². The van der Waals surface area contributed by atoms with Crippen LogP contribution in [0, 0.1) is 13.8 Å². The first kappa shape index (κ1) is 28.4. The fourth-order valence-electron chi connectivity index (χ4n) is 5.31. The number of halogens is 2. The van der Waals surface area contributed by atoms with E-state index in [1.54, 1.807) is 39.6 Å². The molecule has 0 saturated heterocycles. The predicted octanol–water partition coefficient (Wildman–Crippen LogP) is 7.51. The number of pyridine rings is 2. The fourth-order valence-corrected chi connectivity index (χ4v) is 5.56. The summed E-state index contributed by atoms with van der Waals surface area (Å²) in [6.07, 6.45) is 5.87. The molecule has 2 aromatic carbocycles. The molecular weight excluding hydrogens is 595 g/mol. The Kier molecular flexibility index (Phi) is 7.26. The van der Waals surface area contributed by atoms with Crippen molar-refractivity contribution < 1.29 is 0 Å². The lowest BCUT2D eigenvalue weighted by Gasteiger charge is -2.11. The largest absolute Gasteiger partial charge is 0.286 e. The van der Waals surface area contributed by atoms with Crippen LogP contribution in [-0.2, 0) is 0 Å². The van der Waals surface area contributed by atoms with E-state index >= 15 is 0 Å². The number of aromatic nitrogens is 6. The van der Waals surface area contributed by atoms with Gasteiger partial charge in [0.05, 0.1) is 0 Å². The lowest BCUT2D eigenvalue weighted by atomic mass is 10.1. The molecule has 4 aromatic heterocycles. The highest BCUT2D eigenvalue weighted by Gasteiger charge is 2.29. The molecule has 10 heteroatoms. The third-order valence-corrected chi connectivity index (χ3v) is 8.30. The van der Waals surface area contributed by atoms with Crippen molar-refractivity contribution in [3.63, 3.8) is 0 Å². The van der Waals surface area contributed by atoms with Crippen molar-refractivity contribution in [2.75, 3.05) is 0 Å². The monoisotopic (exact) mass is 622 g/mol. The first-order valence-electron chi connectivity index (χ1n) is 14.6. The highest BCUT2D eigenvalue weighted by molar-refractivity contribution is 6.30. The van der Waals surface area contributed by atoms with E-state index in [2.05, 4.69) is 19.9 Å². The van der Waals surface area contributed by atoms with Crippen molar-refractivity contribution in [2.24, 2.45) is 0 Å². The summed E-state index contributed by atoms with van der Waals surface area (Å²) < 4.78 is 3.60. The summed E-state index contributed by atoms with van der Waals surface area (Å²) in [7, 11) is 0. The molecule has 8 nitrogen and oxygen atoms in total. The van der Waals surface area contributed by atoms with Gasteiger partial charge in [0.15, 0.2) is 11.3 Å². The maximum absolute atomic E-state index is 12.9. The molecule has 44 heavy (non-hydrogen) atoms. The van der Waals surface area contributed by atoms with Gasteiger partial charge in [-0.25, -0.2) is 19.9 Å². The van der Waals surface area contributed by atoms with Crippen molar-refractivity contribution in [1.82, 2.24) is 29.1 Å². The second-order valence-electron chi connectivity index (χ2n) is 11.4. The van der Waals surface area contributed by atoms with Gasteiger partial charge in [-0.15, -0.1) is 0 Å². The summed E-state index contributed by atoms with van der Waals surface area (Å²) in [5.74, 6) is 0. The number of hydrogen-bond acceptors (Lipinski definition) is 6. The van der Waals surface area contributed by atoms with Gasteiger partial charge in [-0.05, 0) is 87.6 Å². The number of nitrogens with zero attached hydrogens (tertiary/aromatic N) is 6. The third kappa shape index (κ3) is 5.51. The Morgan fingerprint density at radius 2 is 1.14 bits per heavy atom. The molecule has 4 heterocycles. The second-order valence-corrected chi connectivity index (χ2v) is 12.3. The van der Waals surface area contributed by atoms with Gasteiger partial charge >= 0.3 is 0 Å². The van der Waals surface area contributed by atoms with Gasteiger partial charge in [0.1, 0.15) is 22.4 Å². The number of benzene rings is 2. The highest BCUT2D eigenvalue weighted by Crippen LogP contribution is 2.37. The lowest BCUT2D eigenvalue weighted by Crippen LogP contribution is -2.23. The van der Waals surface area contributed by atoms with E-state index in [4.69, 9.17) is 23.2 Å². The summed E-state index contributed by atoms with van der Waals surface area (Å²) in [6, 6.07) is 20.7. The zero-order valence-electron chi connectivity index (χ0n) is 24.2. The van der Waals surface area contributed by atoms with Crippen LogP contribution in [-0.4, -0.2) is 29.1 Å². The minimum Gasteiger partial charge on any atom is -0.286 e. The lowest BCUT2D eigenvalue weighted by molar-refractivity contribution is 0.724. The van der Waals surface area contributed by atoms with Gasteiger partial charge < -0.3 is 0 Å². The molecule has 220 valence electrons. The molecule has 2 fully saturated rings. The van der Waals surface area contributed by atoms with Gasteiger partial charge in [-0.2, -0.15) is 0 Å². The van der Waals surface area contributed by atoms with E-state index in [-0.39, 0.29) is 23.2 Å². The summed E-state index contributed by atoms with van der Waals surface area (Å²) in [5, 5.41) is 1.29. The molecule has 2 saturated carbocycles. The Morgan fingerprint density at radius 1 is 0.636 bits per heavy atom. The van der Waals surface area contributed by atoms with Crippen molar-refractivity contribution in [3.05, 3.63) is 115 Å². The van der Waals surface area contributed by atoms with Crippen LogP contribution in [0.4, 0.5) is 0 Å². The predicted molar refractivity (Wildman–Crippen MR) is 175 cm³/mol. The van der Waals surface area contributed by atoms with Crippen molar-refractivity contribution in [1.29, 1.82) is 0 Å². The van der Waals surface area contributed by atoms with Crippen LogP contribution in [0.15, 0.2) is 82.5 Å². The Hall–Kier alpha value is -4.40. The normalized spacial score (nSPS) is 14.5. The molecule has 0 spiro atoms. The standard InChI is InChI=1S/2C17H14ClN3O/c1-10-2-9-14-16(19-10)21(13-7-8-13)17(22)15(20-14)11-3-5-12(18)6-4-11;1-10-8-14-16(19-9-10)21(13-6-7-13)17(22)15(20-14)11-2-4-12(18)5-3-11/h2-6,9,13H,7-8H2,1H3;2-5,8-9,13H,6-7H2,1H3. The third-order valence-electron chi connectivity index (χ3n) is 7.80. The van der Waals surface area contributed by atoms with Gasteiger partial charge in [-0.3, -0.25) is 18.7 Å². The zero-order chi connectivity index (χ0) is 30.5. The van der Waals surface area contributed by atoms with Gasteiger partial charge in [-0.1, -0.05) is 47.5 Å². The van der Waals surface area contributed by atoms with Crippen molar-refractivity contribution in [3.8, 4) is 22.5 Å². The van der Waals surface area contributed by atoms with Crippen LogP contribution in [0.2, 0.25) is 10.0 Å². The van der Waals surface area contributed by atoms with E-state index in [0.29, 0.717) is 32.7 Å². The molecule has 0 bridgehead atoms. The molecule has 0 N–H and O–H groups in total. The Bertz CT molecular complexity index is 2170. The molecule has 2 aliphatic rings. The van der Waals surface area contributed by atoms with E-state index in [1.165, 1.54) is 0 Å². The van der Waals surface area contributed by atoms with Gasteiger partial charge in [0, 0.05) is 45.1 Å². The topological polar surface area (TPSA) is 95.6 Å². The molecular formula is C34H28Cl2N6O2. The zero-order valence-corrected chi connectivity index (χ0v) is 25.7. The number of rotatable bonds is 4. The summed E-state index contributed by atoms with van der Waals surface area (Å²) in [5.41, 5.74) is 7.14. The minimum atomic E-state index is -0.0753. The fraction of sp³-hybridized carbons (Fsp3) is 0.235. The summed E-state index contributed by atoms with van der Waals surface area (Å²) >= 11 is 11.9. The molecule has 0 amide bonds. The first-order valence-corrected chi connectivity index (χ1v) is 15.3. The molecule has 8 rings (SSSR count). The van der Waals surface area contributed by atoms with E-state index < -0.39 is 0 Å². The maximum Gasteiger partial charge on any atom is 0.278 e. The Labute approximate surface area is 263 Å². The number of fused-ring (bicyclic) bond motifs is 2. The van der Waals surface area contributed by atoms with Crippen LogP contribution in [0.1, 0.15) is 49.0 Å². The average Bonchev–Trinajstić information content (AvgIpc) is 3.94. The smallest absolute Gasteiger partial charge is 0.278 e. The second kappa shape index (κ2) is 11.3. The first-order chi connectivity index (χ1) is 21.3. The SMILES string of the molecule is Cc1ccc2nc(-c3ccc(Cl)cc3)c(=O)n(C3CC3)c2n1.Cc1cnc2c(c1)nc(-c1ccc(Cl)cc1)c(=O)n2C1CC1. The maximum atomic E-state index is 12.9. The van der Waals surface area contributed by atoms with Crippen molar-refractivity contribution in [2.45, 2.75) is 51.6 Å². The number of aryl methyl sites for hydroxylation is 2. The molecule has 0 unspecified atom stereocenters. The molecule has 2 aliphatic carbocycles. The molecule has 0 radical (unpaired) electrons. The average molecular weight is 624 g/mol. The van der Waals surface area contributed by atoms with Crippen LogP contribution < -0.4 is 11.1 Å². The van der Waals surface area contributed by atoms with Crippen LogP contribution in [0.5, 0.6) is 0 Å². The van der Waals surface area contributed by atoms with E-state index in [9.17, 15) is 9.59 Å². The molecule has 6 aromatic rings. The van der Waals surface area contributed by atoms with E-state index in [0.717, 1.165) is 59.1 Å². The van der Waals surface area contributed by atoms with Gasteiger partial charge in [0.25, 0.3) is 11.1 Å². The van der Waals surface area contributed by atoms with Crippen LogP contribution in [0.25, 0.3) is 44.8 Å².